The molecule has 1 fully saturated rings. The third-order valence-corrected chi connectivity index (χ3v) is 3.52. The van der Waals surface area contributed by atoms with Gasteiger partial charge in [-0.05, 0) is 48.8 Å². The molecule has 1 aromatic rings. The van der Waals surface area contributed by atoms with Gasteiger partial charge in [0, 0.05) is 6.04 Å². The second kappa shape index (κ2) is 4.88. The Kier molecular flexibility index (Phi) is 3.49. The smallest absolute Gasteiger partial charge is 0.122 e. The van der Waals surface area contributed by atoms with Gasteiger partial charge in [-0.2, -0.15) is 0 Å². The number of rotatable bonds is 4. The molecule has 0 radical (unpaired) electrons. The zero-order valence-corrected chi connectivity index (χ0v) is 10.2. The summed E-state index contributed by atoms with van der Waals surface area (Å²) >= 11 is 0. The van der Waals surface area contributed by atoms with Crippen LogP contribution in [0, 0.1) is 5.92 Å². The molecule has 2 N–H and O–H groups in total. The van der Waals surface area contributed by atoms with Crippen LogP contribution in [0.5, 0.6) is 5.75 Å². The maximum atomic E-state index is 5.80. The number of aryl methyl sites for hydroxylation is 1. The van der Waals surface area contributed by atoms with E-state index in [4.69, 9.17) is 10.5 Å². The molecule has 0 bridgehead atoms. The van der Waals surface area contributed by atoms with Crippen molar-refractivity contribution in [2.24, 2.45) is 11.7 Å². The lowest BCUT2D eigenvalue weighted by atomic mass is 9.77. The van der Waals surface area contributed by atoms with E-state index in [-0.39, 0.29) is 0 Å². The molecular formula is C14H21NO. The molecule has 88 valence electrons. The second-order valence-electron chi connectivity index (χ2n) is 4.80. The van der Waals surface area contributed by atoms with Crippen LogP contribution >= 0.6 is 0 Å². The van der Waals surface area contributed by atoms with Crippen molar-refractivity contribution in [1.29, 1.82) is 0 Å². The van der Waals surface area contributed by atoms with E-state index in [0.717, 1.165) is 18.1 Å². The first-order valence-electron chi connectivity index (χ1n) is 6.14. The fourth-order valence-corrected chi connectivity index (χ4v) is 2.52. The van der Waals surface area contributed by atoms with Gasteiger partial charge in [0.2, 0.25) is 0 Å². The van der Waals surface area contributed by atoms with E-state index in [1.54, 1.807) is 7.11 Å². The minimum absolute atomic E-state index is 0.453. The topological polar surface area (TPSA) is 35.2 Å². The molecule has 0 aliphatic heterocycles. The van der Waals surface area contributed by atoms with Crippen LogP contribution in [0.3, 0.4) is 0 Å². The predicted octanol–water partition coefficient (Wildman–Crippen LogP) is 2.54. The number of ether oxygens (including phenoxy) is 1. The highest BCUT2D eigenvalue weighted by molar-refractivity contribution is 5.37. The van der Waals surface area contributed by atoms with Gasteiger partial charge < -0.3 is 10.5 Å². The lowest BCUT2D eigenvalue weighted by Gasteiger charge is -2.32. The summed E-state index contributed by atoms with van der Waals surface area (Å²) in [6.07, 6.45) is 4.58. The van der Waals surface area contributed by atoms with Crippen molar-refractivity contribution >= 4 is 0 Å². The molecule has 2 nitrogen and oxygen atoms in total. The van der Waals surface area contributed by atoms with Gasteiger partial charge in [-0.1, -0.05) is 19.1 Å². The standard InChI is InChI=1S/C14H21NO/c1-3-12-7-10(4-5-14(12)16-2)6-11-8-13(15)9-11/h4-5,7,11,13H,3,6,8-9,15H2,1-2H3. The fourth-order valence-electron chi connectivity index (χ4n) is 2.52. The summed E-state index contributed by atoms with van der Waals surface area (Å²) in [6, 6.07) is 7.01. The van der Waals surface area contributed by atoms with Crippen LogP contribution in [0.1, 0.15) is 30.9 Å². The Morgan fingerprint density at radius 2 is 2.12 bits per heavy atom. The predicted molar refractivity (Wildman–Crippen MR) is 66.8 cm³/mol. The van der Waals surface area contributed by atoms with E-state index < -0.39 is 0 Å². The van der Waals surface area contributed by atoms with Gasteiger partial charge in [-0.15, -0.1) is 0 Å². The van der Waals surface area contributed by atoms with Crippen molar-refractivity contribution < 1.29 is 4.74 Å². The van der Waals surface area contributed by atoms with Gasteiger partial charge >= 0.3 is 0 Å². The van der Waals surface area contributed by atoms with Gasteiger partial charge in [-0.3, -0.25) is 0 Å². The average molecular weight is 219 g/mol. The third-order valence-electron chi connectivity index (χ3n) is 3.52. The Hall–Kier alpha value is -1.02. The first-order valence-corrected chi connectivity index (χ1v) is 6.14. The monoisotopic (exact) mass is 219 g/mol. The maximum absolute atomic E-state index is 5.80. The number of hydrogen-bond acceptors (Lipinski definition) is 2. The first-order chi connectivity index (χ1) is 7.72. The minimum atomic E-state index is 0.453. The second-order valence-corrected chi connectivity index (χ2v) is 4.80. The van der Waals surface area contributed by atoms with Crippen LogP contribution in [0.15, 0.2) is 18.2 Å². The third kappa shape index (κ3) is 2.38. The quantitative estimate of drug-likeness (QED) is 0.844. The Balaban J connectivity index is 2.04. The van der Waals surface area contributed by atoms with Crippen LogP contribution < -0.4 is 10.5 Å². The van der Waals surface area contributed by atoms with E-state index in [0.29, 0.717) is 6.04 Å². The number of hydrogen-bond donors (Lipinski definition) is 1. The molecular weight excluding hydrogens is 198 g/mol. The van der Waals surface area contributed by atoms with Crippen molar-refractivity contribution in [3.8, 4) is 5.75 Å². The molecule has 0 atom stereocenters. The zero-order valence-electron chi connectivity index (χ0n) is 10.2. The molecule has 16 heavy (non-hydrogen) atoms. The summed E-state index contributed by atoms with van der Waals surface area (Å²) < 4.78 is 5.33. The van der Waals surface area contributed by atoms with E-state index in [1.807, 2.05) is 0 Å². The fraction of sp³-hybridized carbons (Fsp3) is 0.571. The number of methoxy groups -OCH3 is 1. The molecule has 1 saturated carbocycles. The van der Waals surface area contributed by atoms with Crippen LogP contribution in [-0.2, 0) is 12.8 Å². The molecule has 0 amide bonds. The largest absolute Gasteiger partial charge is 0.496 e. The first kappa shape index (κ1) is 11.5. The average Bonchev–Trinajstić information content (AvgIpc) is 2.27. The van der Waals surface area contributed by atoms with E-state index in [9.17, 15) is 0 Å². The summed E-state index contributed by atoms with van der Waals surface area (Å²) in [6.45, 7) is 2.17. The summed E-state index contributed by atoms with van der Waals surface area (Å²) in [5.41, 5.74) is 8.54. The van der Waals surface area contributed by atoms with Crippen molar-refractivity contribution in [2.45, 2.75) is 38.6 Å². The van der Waals surface area contributed by atoms with Crippen LogP contribution in [-0.4, -0.2) is 13.2 Å². The molecule has 1 aromatic carbocycles. The normalized spacial score (nSPS) is 23.9. The Bertz CT molecular complexity index is 356. The van der Waals surface area contributed by atoms with E-state index in [1.165, 1.54) is 30.4 Å². The number of benzene rings is 1. The zero-order chi connectivity index (χ0) is 11.5. The van der Waals surface area contributed by atoms with Gasteiger partial charge in [-0.25, -0.2) is 0 Å². The van der Waals surface area contributed by atoms with E-state index in [2.05, 4.69) is 25.1 Å². The van der Waals surface area contributed by atoms with Crippen molar-refractivity contribution in [1.82, 2.24) is 0 Å². The van der Waals surface area contributed by atoms with Gasteiger partial charge in [0.15, 0.2) is 0 Å². The Morgan fingerprint density at radius 3 is 2.69 bits per heavy atom. The molecule has 0 saturated heterocycles. The summed E-state index contributed by atoms with van der Waals surface area (Å²) in [7, 11) is 1.74. The molecule has 0 aromatic heterocycles. The highest BCUT2D eigenvalue weighted by Gasteiger charge is 2.25. The van der Waals surface area contributed by atoms with Gasteiger partial charge in [0.1, 0.15) is 5.75 Å². The highest BCUT2D eigenvalue weighted by atomic mass is 16.5. The lowest BCUT2D eigenvalue weighted by molar-refractivity contribution is 0.264. The van der Waals surface area contributed by atoms with Gasteiger partial charge in [0.05, 0.1) is 7.11 Å². The molecule has 2 heteroatoms. The SMILES string of the molecule is CCc1cc(CC2CC(N)C2)ccc1OC. The van der Waals surface area contributed by atoms with Crippen molar-refractivity contribution in [2.75, 3.05) is 7.11 Å². The summed E-state index contributed by atoms with van der Waals surface area (Å²) in [5, 5.41) is 0. The highest BCUT2D eigenvalue weighted by Crippen LogP contribution is 2.30. The molecule has 1 aliphatic rings. The van der Waals surface area contributed by atoms with Gasteiger partial charge in [0.25, 0.3) is 0 Å². The van der Waals surface area contributed by atoms with Crippen molar-refractivity contribution in [3.63, 3.8) is 0 Å². The lowest BCUT2D eigenvalue weighted by Crippen LogP contribution is -2.37. The molecule has 0 unspecified atom stereocenters. The summed E-state index contributed by atoms with van der Waals surface area (Å²) in [5.74, 6) is 1.81. The van der Waals surface area contributed by atoms with Crippen LogP contribution in [0.4, 0.5) is 0 Å². The molecule has 0 spiro atoms. The molecule has 1 aliphatic carbocycles. The number of nitrogens with two attached hydrogens (primary N) is 1. The Morgan fingerprint density at radius 1 is 1.38 bits per heavy atom. The molecule has 0 heterocycles. The maximum Gasteiger partial charge on any atom is 0.122 e. The minimum Gasteiger partial charge on any atom is -0.496 e. The van der Waals surface area contributed by atoms with Crippen molar-refractivity contribution in [3.05, 3.63) is 29.3 Å². The van der Waals surface area contributed by atoms with Crippen LogP contribution in [0.2, 0.25) is 0 Å². The Labute approximate surface area is 97.8 Å². The molecule has 2 rings (SSSR count). The summed E-state index contributed by atoms with van der Waals surface area (Å²) in [4.78, 5) is 0. The van der Waals surface area contributed by atoms with E-state index >= 15 is 0 Å². The van der Waals surface area contributed by atoms with Crippen LogP contribution in [0.25, 0.3) is 0 Å².